The van der Waals surface area contributed by atoms with Crippen molar-refractivity contribution in [2.45, 2.75) is 36.8 Å². The normalized spacial score (nSPS) is 45.0. The zero-order chi connectivity index (χ0) is 10.1. The molecule has 2 saturated heterocycles. The van der Waals surface area contributed by atoms with E-state index in [4.69, 9.17) is 15.2 Å². The number of hydrogen-bond acceptors (Lipinski definition) is 4. The summed E-state index contributed by atoms with van der Waals surface area (Å²) in [4.78, 5) is 0. The summed E-state index contributed by atoms with van der Waals surface area (Å²) < 4.78 is 10.6. The minimum atomic E-state index is -0.792. The molecular formula is C10H19NO3. The molecule has 0 aromatic heterocycles. The Labute approximate surface area is 84.4 Å². The molecule has 4 heteroatoms. The molecule has 0 aromatic rings. The molecule has 2 unspecified atom stereocenters. The average Bonchev–Trinajstić information content (AvgIpc) is 2.48. The highest BCUT2D eigenvalue weighted by atomic mass is 16.5. The van der Waals surface area contributed by atoms with Gasteiger partial charge in [0.05, 0.1) is 17.7 Å². The third kappa shape index (κ3) is 1.67. The maximum atomic E-state index is 10.5. The van der Waals surface area contributed by atoms with Gasteiger partial charge in [0.2, 0.25) is 0 Å². The Bertz CT molecular complexity index is 194. The van der Waals surface area contributed by atoms with Gasteiger partial charge in [0.25, 0.3) is 0 Å². The number of aliphatic hydroxyl groups is 1. The van der Waals surface area contributed by atoms with E-state index < -0.39 is 11.1 Å². The van der Waals surface area contributed by atoms with E-state index in [-0.39, 0.29) is 0 Å². The van der Waals surface area contributed by atoms with Gasteiger partial charge in [0, 0.05) is 26.2 Å². The number of ether oxygens (including phenoxy) is 2. The van der Waals surface area contributed by atoms with Crippen molar-refractivity contribution < 1.29 is 14.6 Å². The van der Waals surface area contributed by atoms with E-state index in [0.717, 1.165) is 25.9 Å². The Kier molecular flexibility index (Phi) is 2.79. The molecule has 14 heavy (non-hydrogen) atoms. The van der Waals surface area contributed by atoms with Crippen LogP contribution < -0.4 is 5.73 Å². The van der Waals surface area contributed by atoms with Crippen LogP contribution in [0.1, 0.15) is 25.7 Å². The minimum Gasteiger partial charge on any atom is -0.388 e. The van der Waals surface area contributed by atoms with Crippen LogP contribution >= 0.6 is 0 Å². The number of rotatable bonds is 1. The molecule has 0 aliphatic carbocycles. The van der Waals surface area contributed by atoms with Gasteiger partial charge in [-0.05, 0) is 19.3 Å². The fraction of sp³-hybridized carbons (Fsp3) is 1.00. The second-order valence-corrected chi connectivity index (χ2v) is 4.46. The van der Waals surface area contributed by atoms with E-state index in [1.165, 1.54) is 0 Å². The van der Waals surface area contributed by atoms with Crippen molar-refractivity contribution in [3.8, 4) is 0 Å². The first-order valence-electron chi connectivity index (χ1n) is 5.33. The largest absolute Gasteiger partial charge is 0.388 e. The van der Waals surface area contributed by atoms with Crippen molar-refractivity contribution in [2.24, 2.45) is 5.73 Å². The first-order valence-corrected chi connectivity index (χ1v) is 5.33. The summed E-state index contributed by atoms with van der Waals surface area (Å²) in [5, 5.41) is 10.5. The topological polar surface area (TPSA) is 64.7 Å². The van der Waals surface area contributed by atoms with Crippen molar-refractivity contribution in [3.05, 3.63) is 0 Å². The summed E-state index contributed by atoms with van der Waals surface area (Å²) in [7, 11) is 0. The molecule has 0 amide bonds. The fourth-order valence-corrected chi connectivity index (χ4v) is 2.38. The van der Waals surface area contributed by atoms with Crippen LogP contribution in [0.25, 0.3) is 0 Å². The molecule has 3 N–H and O–H groups in total. The summed E-state index contributed by atoms with van der Waals surface area (Å²) >= 11 is 0. The highest BCUT2D eigenvalue weighted by Crippen LogP contribution is 2.36. The maximum absolute atomic E-state index is 10.5. The summed E-state index contributed by atoms with van der Waals surface area (Å²) in [6.07, 6.45) is 3.00. The lowest BCUT2D eigenvalue weighted by Crippen LogP contribution is -2.61. The third-order valence-corrected chi connectivity index (χ3v) is 3.52. The van der Waals surface area contributed by atoms with Crippen molar-refractivity contribution in [1.82, 2.24) is 0 Å². The van der Waals surface area contributed by atoms with Gasteiger partial charge in [-0.2, -0.15) is 0 Å². The Morgan fingerprint density at radius 3 is 2.50 bits per heavy atom. The van der Waals surface area contributed by atoms with E-state index in [2.05, 4.69) is 0 Å². The quantitative estimate of drug-likeness (QED) is 0.628. The standard InChI is InChI=1S/C10H19NO3/c11-9(3-6-14-8-9)10(12)2-1-5-13-7-4-10/h12H,1-8,11H2. The van der Waals surface area contributed by atoms with E-state index in [9.17, 15) is 5.11 Å². The monoisotopic (exact) mass is 201 g/mol. The van der Waals surface area contributed by atoms with Gasteiger partial charge in [-0.15, -0.1) is 0 Å². The second kappa shape index (κ2) is 3.77. The fourth-order valence-electron chi connectivity index (χ4n) is 2.38. The maximum Gasteiger partial charge on any atom is 0.0872 e. The lowest BCUT2D eigenvalue weighted by Gasteiger charge is -2.40. The SMILES string of the molecule is NC1(C2(O)CCCOCC2)CCOC1. The van der Waals surface area contributed by atoms with Gasteiger partial charge in [-0.3, -0.25) is 0 Å². The molecule has 82 valence electrons. The molecule has 2 fully saturated rings. The Morgan fingerprint density at radius 1 is 1.00 bits per heavy atom. The van der Waals surface area contributed by atoms with Gasteiger partial charge in [0.1, 0.15) is 0 Å². The van der Waals surface area contributed by atoms with Crippen molar-refractivity contribution in [1.29, 1.82) is 0 Å². The molecule has 0 aromatic carbocycles. The second-order valence-electron chi connectivity index (χ2n) is 4.46. The van der Waals surface area contributed by atoms with Crippen molar-refractivity contribution in [3.63, 3.8) is 0 Å². The highest BCUT2D eigenvalue weighted by molar-refractivity contribution is 5.06. The molecule has 0 bridgehead atoms. The van der Waals surface area contributed by atoms with Crippen LogP contribution in [0, 0.1) is 0 Å². The first kappa shape index (κ1) is 10.4. The predicted octanol–water partition coefficient (Wildman–Crippen LogP) is 0.0358. The molecule has 4 nitrogen and oxygen atoms in total. The molecule has 2 atom stereocenters. The lowest BCUT2D eigenvalue weighted by atomic mass is 9.75. The minimum absolute atomic E-state index is 0.476. The van der Waals surface area contributed by atoms with Crippen LogP contribution in [0.5, 0.6) is 0 Å². The molecule has 0 radical (unpaired) electrons. The average molecular weight is 201 g/mol. The zero-order valence-electron chi connectivity index (χ0n) is 8.50. The summed E-state index contributed by atoms with van der Waals surface area (Å²) in [5.41, 5.74) is 4.86. The van der Waals surface area contributed by atoms with Crippen LogP contribution in [0.3, 0.4) is 0 Å². The Morgan fingerprint density at radius 2 is 1.79 bits per heavy atom. The van der Waals surface area contributed by atoms with Crippen molar-refractivity contribution in [2.75, 3.05) is 26.4 Å². The van der Waals surface area contributed by atoms with Gasteiger partial charge in [-0.25, -0.2) is 0 Å². The molecule has 2 aliphatic heterocycles. The summed E-state index contributed by atoms with van der Waals surface area (Å²) in [6.45, 7) is 2.48. The molecule has 0 spiro atoms. The molecule has 0 saturated carbocycles. The molecule has 2 heterocycles. The summed E-state index contributed by atoms with van der Waals surface area (Å²) in [5.74, 6) is 0. The van der Waals surface area contributed by atoms with Gasteiger partial charge >= 0.3 is 0 Å². The Balaban J connectivity index is 2.11. The lowest BCUT2D eigenvalue weighted by molar-refractivity contribution is -0.0534. The third-order valence-electron chi connectivity index (χ3n) is 3.52. The summed E-state index contributed by atoms with van der Waals surface area (Å²) in [6, 6.07) is 0. The number of nitrogens with two attached hydrogens (primary N) is 1. The van der Waals surface area contributed by atoms with Crippen LogP contribution in [0.4, 0.5) is 0 Å². The van der Waals surface area contributed by atoms with Gasteiger partial charge in [-0.1, -0.05) is 0 Å². The van der Waals surface area contributed by atoms with Gasteiger partial charge in [0.15, 0.2) is 0 Å². The van der Waals surface area contributed by atoms with Crippen LogP contribution in [-0.2, 0) is 9.47 Å². The smallest absolute Gasteiger partial charge is 0.0872 e. The molecular weight excluding hydrogens is 182 g/mol. The Hall–Kier alpha value is -0.160. The van der Waals surface area contributed by atoms with Gasteiger partial charge < -0.3 is 20.3 Å². The molecule has 2 rings (SSSR count). The number of hydrogen-bond donors (Lipinski definition) is 2. The zero-order valence-corrected chi connectivity index (χ0v) is 8.50. The first-order chi connectivity index (χ1) is 6.66. The van der Waals surface area contributed by atoms with E-state index in [1.807, 2.05) is 0 Å². The van der Waals surface area contributed by atoms with Crippen molar-refractivity contribution >= 4 is 0 Å². The highest BCUT2D eigenvalue weighted by Gasteiger charge is 2.49. The van der Waals surface area contributed by atoms with Crippen LogP contribution in [0.2, 0.25) is 0 Å². The van der Waals surface area contributed by atoms with Crippen LogP contribution in [-0.4, -0.2) is 42.7 Å². The van der Waals surface area contributed by atoms with E-state index >= 15 is 0 Å². The molecule has 2 aliphatic rings. The predicted molar refractivity (Wildman–Crippen MR) is 52.0 cm³/mol. The van der Waals surface area contributed by atoms with Crippen LogP contribution in [0.15, 0.2) is 0 Å². The van der Waals surface area contributed by atoms with E-state index in [0.29, 0.717) is 26.2 Å². The van der Waals surface area contributed by atoms with E-state index in [1.54, 1.807) is 0 Å².